The fourth-order valence-electron chi connectivity index (χ4n) is 2.19. The van der Waals surface area contributed by atoms with Crippen LogP contribution in [0.2, 0.25) is 0 Å². The second-order valence-electron chi connectivity index (χ2n) is 4.92. The van der Waals surface area contributed by atoms with Crippen molar-refractivity contribution in [3.63, 3.8) is 0 Å². The Kier molecular flexibility index (Phi) is 7.01. The molecule has 5 heteroatoms. The van der Waals surface area contributed by atoms with Crippen LogP contribution in [0.15, 0.2) is 18.3 Å². The van der Waals surface area contributed by atoms with Gasteiger partial charge in [-0.2, -0.15) is 0 Å². The molecule has 1 unspecified atom stereocenters. The van der Waals surface area contributed by atoms with Crippen molar-refractivity contribution in [1.82, 2.24) is 9.88 Å². The quantitative estimate of drug-likeness (QED) is 0.727. The summed E-state index contributed by atoms with van der Waals surface area (Å²) in [6, 6.07) is 3.74. The van der Waals surface area contributed by atoms with Crippen LogP contribution in [0.1, 0.15) is 44.1 Å². The van der Waals surface area contributed by atoms with E-state index in [1.165, 1.54) is 6.20 Å². The molecule has 0 saturated carbocycles. The molecule has 20 heavy (non-hydrogen) atoms. The molecular formula is C15H25N3O2. The average Bonchev–Trinajstić information content (AvgIpc) is 2.44. The first-order chi connectivity index (χ1) is 9.58. The highest BCUT2D eigenvalue weighted by molar-refractivity contribution is 5.91. The molecule has 5 nitrogen and oxygen atoms in total. The number of carbonyl (C=O) groups is 1. The van der Waals surface area contributed by atoms with Crippen molar-refractivity contribution in [3.05, 3.63) is 24.0 Å². The molecule has 0 amide bonds. The molecular weight excluding hydrogens is 254 g/mol. The lowest BCUT2D eigenvalue weighted by molar-refractivity contribution is 0.0691. The number of nitrogens with one attached hydrogen (secondary N) is 1. The third-order valence-corrected chi connectivity index (χ3v) is 3.42. The number of anilines is 1. The number of nitrogens with zero attached hydrogens (tertiary/aromatic N) is 2. The largest absolute Gasteiger partial charge is 0.476 e. The third-order valence-electron chi connectivity index (χ3n) is 3.42. The Bertz CT molecular complexity index is 419. The molecule has 0 bridgehead atoms. The first-order valence-corrected chi connectivity index (χ1v) is 7.25. The van der Waals surface area contributed by atoms with E-state index in [4.69, 9.17) is 5.11 Å². The molecule has 0 aliphatic rings. The van der Waals surface area contributed by atoms with Gasteiger partial charge in [0.05, 0.1) is 5.69 Å². The normalized spacial score (nSPS) is 12.4. The average molecular weight is 279 g/mol. The van der Waals surface area contributed by atoms with E-state index >= 15 is 0 Å². The highest BCUT2D eigenvalue weighted by Gasteiger charge is 2.12. The van der Waals surface area contributed by atoms with E-state index in [9.17, 15) is 4.79 Å². The molecule has 1 aromatic rings. The van der Waals surface area contributed by atoms with Gasteiger partial charge < -0.3 is 15.3 Å². The molecule has 0 saturated heterocycles. The summed E-state index contributed by atoms with van der Waals surface area (Å²) >= 11 is 0. The Morgan fingerprint density at radius 2 is 2.15 bits per heavy atom. The molecule has 0 aromatic carbocycles. The fraction of sp³-hybridized carbons (Fsp3) is 0.600. The zero-order valence-electron chi connectivity index (χ0n) is 12.6. The lowest BCUT2D eigenvalue weighted by Gasteiger charge is -2.20. The summed E-state index contributed by atoms with van der Waals surface area (Å²) in [6.07, 6.45) is 3.60. The molecule has 0 spiro atoms. The van der Waals surface area contributed by atoms with Crippen LogP contribution in [0.4, 0.5) is 5.69 Å². The topological polar surface area (TPSA) is 65.5 Å². The first-order valence-electron chi connectivity index (χ1n) is 7.25. The molecule has 2 N–H and O–H groups in total. The van der Waals surface area contributed by atoms with E-state index in [0.717, 1.165) is 32.5 Å². The minimum atomic E-state index is -0.997. The predicted octanol–water partition coefficient (Wildman–Crippen LogP) is 2.70. The zero-order chi connectivity index (χ0) is 15.0. The van der Waals surface area contributed by atoms with Crippen molar-refractivity contribution < 1.29 is 9.90 Å². The van der Waals surface area contributed by atoms with Crippen LogP contribution in [0.5, 0.6) is 0 Å². The van der Waals surface area contributed by atoms with Gasteiger partial charge in [0.15, 0.2) is 5.69 Å². The molecule has 0 aliphatic carbocycles. The van der Waals surface area contributed by atoms with Gasteiger partial charge in [-0.15, -0.1) is 0 Å². The van der Waals surface area contributed by atoms with Crippen LogP contribution in [0, 0.1) is 0 Å². The summed E-state index contributed by atoms with van der Waals surface area (Å²) in [6.45, 7) is 9.63. The summed E-state index contributed by atoms with van der Waals surface area (Å²) < 4.78 is 0. The first kappa shape index (κ1) is 16.4. The van der Waals surface area contributed by atoms with E-state index in [2.05, 4.69) is 36.0 Å². The van der Waals surface area contributed by atoms with Crippen LogP contribution in [0.3, 0.4) is 0 Å². The molecule has 112 valence electrons. The van der Waals surface area contributed by atoms with E-state index < -0.39 is 5.97 Å². The van der Waals surface area contributed by atoms with Gasteiger partial charge in [-0.1, -0.05) is 13.8 Å². The van der Waals surface area contributed by atoms with Crippen molar-refractivity contribution in [2.24, 2.45) is 0 Å². The van der Waals surface area contributed by atoms with Gasteiger partial charge >= 0.3 is 5.97 Å². The molecule has 1 heterocycles. The summed E-state index contributed by atoms with van der Waals surface area (Å²) in [7, 11) is 0. The van der Waals surface area contributed by atoms with Gasteiger partial charge in [0, 0.05) is 12.2 Å². The lowest BCUT2D eigenvalue weighted by atomic mass is 10.1. The monoisotopic (exact) mass is 279 g/mol. The smallest absolute Gasteiger partial charge is 0.356 e. The molecule has 1 atom stereocenters. The van der Waals surface area contributed by atoms with Gasteiger partial charge in [0.25, 0.3) is 0 Å². The van der Waals surface area contributed by atoms with Gasteiger partial charge in [-0.05, 0) is 51.5 Å². The number of rotatable bonds is 9. The van der Waals surface area contributed by atoms with Crippen LogP contribution >= 0.6 is 0 Å². The zero-order valence-corrected chi connectivity index (χ0v) is 12.6. The van der Waals surface area contributed by atoms with E-state index in [-0.39, 0.29) is 11.7 Å². The maximum absolute atomic E-state index is 11.1. The Balaban J connectivity index is 2.46. The van der Waals surface area contributed by atoms with Crippen LogP contribution in [-0.2, 0) is 0 Å². The maximum atomic E-state index is 11.1. The number of pyridine rings is 1. The highest BCUT2D eigenvalue weighted by Crippen LogP contribution is 2.15. The van der Waals surface area contributed by atoms with E-state index in [0.29, 0.717) is 5.69 Å². The SMILES string of the molecule is CCN(CC)CCCC(C)Nc1cccnc1C(=O)O. The van der Waals surface area contributed by atoms with Crippen LogP contribution in [0.25, 0.3) is 0 Å². The maximum Gasteiger partial charge on any atom is 0.356 e. The number of hydrogen-bond acceptors (Lipinski definition) is 4. The fourth-order valence-corrected chi connectivity index (χ4v) is 2.19. The van der Waals surface area contributed by atoms with Crippen molar-refractivity contribution in [3.8, 4) is 0 Å². The predicted molar refractivity (Wildman–Crippen MR) is 81.3 cm³/mol. The number of aromatic nitrogens is 1. The molecule has 0 aliphatic heterocycles. The summed E-state index contributed by atoms with van der Waals surface area (Å²) in [5.41, 5.74) is 0.679. The number of hydrogen-bond donors (Lipinski definition) is 2. The van der Waals surface area contributed by atoms with Gasteiger partial charge in [-0.25, -0.2) is 9.78 Å². The van der Waals surface area contributed by atoms with Gasteiger partial charge in [0.1, 0.15) is 0 Å². The molecule has 1 rings (SSSR count). The van der Waals surface area contributed by atoms with E-state index in [1.807, 2.05) is 0 Å². The van der Waals surface area contributed by atoms with Gasteiger partial charge in [-0.3, -0.25) is 0 Å². The Labute approximate surface area is 121 Å². The van der Waals surface area contributed by atoms with Crippen molar-refractivity contribution in [1.29, 1.82) is 0 Å². The second-order valence-corrected chi connectivity index (χ2v) is 4.92. The molecule has 0 radical (unpaired) electrons. The Hall–Kier alpha value is -1.62. The second kappa shape index (κ2) is 8.53. The molecule has 0 fully saturated rings. The minimum Gasteiger partial charge on any atom is -0.476 e. The summed E-state index contributed by atoms with van der Waals surface area (Å²) in [4.78, 5) is 17.4. The number of aromatic carboxylic acids is 1. The number of carboxylic acids is 1. The van der Waals surface area contributed by atoms with Gasteiger partial charge in [0.2, 0.25) is 0 Å². The van der Waals surface area contributed by atoms with Crippen LogP contribution < -0.4 is 5.32 Å². The Morgan fingerprint density at radius 1 is 1.45 bits per heavy atom. The summed E-state index contributed by atoms with van der Waals surface area (Å²) in [5, 5.41) is 12.3. The number of carboxylic acid groups (broad SMARTS) is 1. The standard InChI is InChI=1S/C15H25N3O2/c1-4-18(5-2)11-7-8-12(3)17-13-9-6-10-16-14(13)15(19)20/h6,9-10,12,17H,4-5,7-8,11H2,1-3H3,(H,19,20). The van der Waals surface area contributed by atoms with E-state index in [1.54, 1.807) is 12.1 Å². The van der Waals surface area contributed by atoms with Crippen molar-refractivity contribution >= 4 is 11.7 Å². The van der Waals surface area contributed by atoms with Crippen molar-refractivity contribution in [2.45, 2.75) is 39.7 Å². The Morgan fingerprint density at radius 3 is 2.75 bits per heavy atom. The third kappa shape index (κ3) is 5.17. The minimum absolute atomic E-state index is 0.0862. The highest BCUT2D eigenvalue weighted by atomic mass is 16.4. The van der Waals surface area contributed by atoms with Crippen LogP contribution in [-0.4, -0.2) is 46.6 Å². The summed E-state index contributed by atoms with van der Waals surface area (Å²) in [5.74, 6) is -0.997. The molecule has 1 aromatic heterocycles. The van der Waals surface area contributed by atoms with Crippen molar-refractivity contribution in [2.75, 3.05) is 25.0 Å². The lowest BCUT2D eigenvalue weighted by Crippen LogP contribution is -2.26.